The van der Waals surface area contributed by atoms with Crippen LogP contribution in [0.25, 0.3) is 0 Å². The summed E-state index contributed by atoms with van der Waals surface area (Å²) in [6.07, 6.45) is 6.29. The third-order valence-electron chi connectivity index (χ3n) is 3.70. The van der Waals surface area contributed by atoms with E-state index < -0.39 is 5.97 Å². The molecule has 108 valence electrons. The van der Waals surface area contributed by atoms with E-state index in [9.17, 15) is 9.59 Å². The first-order chi connectivity index (χ1) is 9.58. The Labute approximate surface area is 126 Å². The van der Waals surface area contributed by atoms with Gasteiger partial charge in [0.15, 0.2) is 0 Å². The molecule has 1 amide bonds. The zero-order valence-electron chi connectivity index (χ0n) is 11.2. The summed E-state index contributed by atoms with van der Waals surface area (Å²) < 4.78 is 0.749. The lowest BCUT2D eigenvalue weighted by Crippen LogP contribution is -2.23. The Balaban J connectivity index is 2.14. The second-order valence-corrected chi connectivity index (χ2v) is 6.09. The van der Waals surface area contributed by atoms with Crippen molar-refractivity contribution < 1.29 is 14.7 Å². The molecule has 20 heavy (non-hydrogen) atoms. The van der Waals surface area contributed by atoms with Crippen LogP contribution in [-0.2, 0) is 4.79 Å². The van der Waals surface area contributed by atoms with Crippen molar-refractivity contribution in [3.05, 3.63) is 28.2 Å². The van der Waals surface area contributed by atoms with Gasteiger partial charge in [0, 0.05) is 10.4 Å². The van der Waals surface area contributed by atoms with Crippen LogP contribution in [0.1, 0.15) is 48.9 Å². The summed E-state index contributed by atoms with van der Waals surface area (Å²) in [5.74, 6) is -1.10. The summed E-state index contributed by atoms with van der Waals surface area (Å²) >= 11 is 3.30. The van der Waals surface area contributed by atoms with Crippen LogP contribution in [0.15, 0.2) is 22.7 Å². The number of aromatic carboxylic acids is 1. The molecule has 1 saturated carbocycles. The second kappa shape index (κ2) is 6.88. The Kier molecular flexibility index (Phi) is 5.17. The van der Waals surface area contributed by atoms with Crippen molar-refractivity contribution in [3.8, 4) is 0 Å². The maximum Gasteiger partial charge on any atom is 0.337 e. The van der Waals surface area contributed by atoms with Gasteiger partial charge in [-0.05, 0) is 31.0 Å². The van der Waals surface area contributed by atoms with Gasteiger partial charge in [-0.3, -0.25) is 4.79 Å². The van der Waals surface area contributed by atoms with Crippen molar-refractivity contribution in [1.82, 2.24) is 0 Å². The average Bonchev–Trinajstić information content (AvgIpc) is 2.67. The number of halogens is 1. The fourth-order valence-corrected chi connectivity index (χ4v) is 2.94. The molecule has 1 fully saturated rings. The van der Waals surface area contributed by atoms with E-state index in [4.69, 9.17) is 5.11 Å². The van der Waals surface area contributed by atoms with Gasteiger partial charge in [-0.2, -0.15) is 0 Å². The normalized spacial score (nSPS) is 16.4. The number of rotatable bonds is 3. The number of hydrogen-bond acceptors (Lipinski definition) is 2. The SMILES string of the molecule is O=C(O)c1ccc(Br)cc1NC(=O)C1CCCCCC1. The Morgan fingerprint density at radius 3 is 2.40 bits per heavy atom. The Hall–Kier alpha value is -1.36. The number of anilines is 1. The minimum Gasteiger partial charge on any atom is -0.478 e. The molecule has 0 aliphatic heterocycles. The van der Waals surface area contributed by atoms with Gasteiger partial charge in [0.1, 0.15) is 0 Å². The number of carbonyl (C=O) groups excluding carboxylic acids is 1. The number of amides is 1. The van der Waals surface area contributed by atoms with E-state index in [1.807, 2.05) is 0 Å². The molecule has 0 aromatic heterocycles. The van der Waals surface area contributed by atoms with E-state index in [0.29, 0.717) is 5.69 Å². The third-order valence-corrected chi connectivity index (χ3v) is 4.19. The summed E-state index contributed by atoms with van der Waals surface area (Å²) in [6, 6.07) is 4.79. The molecule has 1 aromatic carbocycles. The lowest BCUT2D eigenvalue weighted by atomic mass is 9.99. The summed E-state index contributed by atoms with van der Waals surface area (Å²) in [4.78, 5) is 23.5. The molecule has 5 heteroatoms. The lowest BCUT2D eigenvalue weighted by Gasteiger charge is -2.15. The summed E-state index contributed by atoms with van der Waals surface area (Å²) in [7, 11) is 0. The first-order valence-corrected chi connectivity index (χ1v) is 7.71. The standard InChI is InChI=1S/C15H18BrNO3/c16-11-7-8-12(15(19)20)13(9-11)17-14(18)10-5-3-1-2-4-6-10/h7-10H,1-6H2,(H,17,18)(H,19,20). The van der Waals surface area contributed by atoms with Crippen molar-refractivity contribution in [3.63, 3.8) is 0 Å². The average molecular weight is 340 g/mol. The minimum absolute atomic E-state index is 0.00173. The van der Waals surface area contributed by atoms with Crippen LogP contribution in [0, 0.1) is 5.92 Å². The molecule has 0 saturated heterocycles. The van der Waals surface area contributed by atoms with Gasteiger partial charge in [0.25, 0.3) is 0 Å². The number of carboxylic acids is 1. The van der Waals surface area contributed by atoms with E-state index in [-0.39, 0.29) is 17.4 Å². The monoisotopic (exact) mass is 339 g/mol. The van der Waals surface area contributed by atoms with Gasteiger partial charge in [-0.15, -0.1) is 0 Å². The van der Waals surface area contributed by atoms with Crippen molar-refractivity contribution >= 4 is 33.5 Å². The Morgan fingerprint density at radius 1 is 1.15 bits per heavy atom. The fraction of sp³-hybridized carbons (Fsp3) is 0.467. The quantitative estimate of drug-likeness (QED) is 0.816. The van der Waals surface area contributed by atoms with Crippen molar-refractivity contribution in [2.45, 2.75) is 38.5 Å². The predicted molar refractivity (Wildman–Crippen MR) is 80.9 cm³/mol. The summed E-state index contributed by atoms with van der Waals surface area (Å²) in [5, 5.41) is 11.9. The predicted octanol–water partition coefficient (Wildman–Crippen LogP) is 4.06. The third kappa shape index (κ3) is 3.82. The summed E-state index contributed by atoms with van der Waals surface area (Å²) in [5.41, 5.74) is 0.483. The van der Waals surface area contributed by atoms with E-state index in [1.165, 1.54) is 18.9 Å². The van der Waals surface area contributed by atoms with Crippen LogP contribution in [0.2, 0.25) is 0 Å². The van der Waals surface area contributed by atoms with E-state index >= 15 is 0 Å². The van der Waals surface area contributed by atoms with Gasteiger partial charge in [-0.1, -0.05) is 41.6 Å². The van der Waals surface area contributed by atoms with Gasteiger partial charge in [0.05, 0.1) is 11.3 Å². The molecule has 0 atom stereocenters. The molecule has 0 heterocycles. The van der Waals surface area contributed by atoms with Crippen LogP contribution in [0.5, 0.6) is 0 Å². The number of benzene rings is 1. The molecule has 0 spiro atoms. The number of nitrogens with one attached hydrogen (secondary N) is 1. The number of carbonyl (C=O) groups is 2. The molecule has 1 aliphatic carbocycles. The van der Waals surface area contributed by atoms with Gasteiger partial charge in [-0.25, -0.2) is 4.79 Å². The molecule has 0 bridgehead atoms. The molecular weight excluding hydrogens is 322 g/mol. The van der Waals surface area contributed by atoms with Crippen LogP contribution in [-0.4, -0.2) is 17.0 Å². The molecular formula is C15H18BrNO3. The summed E-state index contributed by atoms with van der Waals surface area (Å²) in [6.45, 7) is 0. The lowest BCUT2D eigenvalue weighted by molar-refractivity contribution is -0.120. The van der Waals surface area contributed by atoms with Crippen molar-refractivity contribution in [2.75, 3.05) is 5.32 Å². The topological polar surface area (TPSA) is 66.4 Å². The minimum atomic E-state index is -1.03. The zero-order chi connectivity index (χ0) is 14.5. The first-order valence-electron chi connectivity index (χ1n) is 6.91. The molecule has 2 N–H and O–H groups in total. The maximum absolute atomic E-state index is 12.3. The fourth-order valence-electron chi connectivity index (χ4n) is 2.58. The van der Waals surface area contributed by atoms with Crippen LogP contribution in [0.4, 0.5) is 5.69 Å². The highest BCUT2D eigenvalue weighted by atomic mass is 79.9. The zero-order valence-corrected chi connectivity index (χ0v) is 12.8. The highest BCUT2D eigenvalue weighted by Gasteiger charge is 2.21. The van der Waals surface area contributed by atoms with E-state index in [0.717, 1.165) is 30.2 Å². The highest BCUT2D eigenvalue weighted by molar-refractivity contribution is 9.10. The smallest absolute Gasteiger partial charge is 0.337 e. The molecule has 0 radical (unpaired) electrons. The van der Waals surface area contributed by atoms with Crippen LogP contribution < -0.4 is 5.32 Å². The van der Waals surface area contributed by atoms with Gasteiger partial charge < -0.3 is 10.4 Å². The number of hydrogen-bond donors (Lipinski definition) is 2. The molecule has 2 rings (SSSR count). The first kappa shape index (κ1) is 15.0. The largest absolute Gasteiger partial charge is 0.478 e. The second-order valence-electron chi connectivity index (χ2n) is 5.17. The molecule has 1 aliphatic rings. The van der Waals surface area contributed by atoms with Gasteiger partial charge in [0.2, 0.25) is 5.91 Å². The van der Waals surface area contributed by atoms with Gasteiger partial charge >= 0.3 is 5.97 Å². The van der Waals surface area contributed by atoms with Crippen molar-refractivity contribution in [1.29, 1.82) is 0 Å². The molecule has 4 nitrogen and oxygen atoms in total. The number of carboxylic acid groups (broad SMARTS) is 1. The maximum atomic E-state index is 12.3. The Bertz CT molecular complexity index is 508. The molecule has 0 unspecified atom stereocenters. The van der Waals surface area contributed by atoms with Crippen LogP contribution in [0.3, 0.4) is 0 Å². The highest BCUT2D eigenvalue weighted by Crippen LogP contribution is 2.26. The van der Waals surface area contributed by atoms with E-state index in [2.05, 4.69) is 21.2 Å². The van der Waals surface area contributed by atoms with Crippen molar-refractivity contribution in [2.24, 2.45) is 5.92 Å². The van der Waals surface area contributed by atoms with E-state index in [1.54, 1.807) is 12.1 Å². The molecule has 1 aromatic rings. The van der Waals surface area contributed by atoms with Crippen LogP contribution >= 0.6 is 15.9 Å². The Morgan fingerprint density at radius 2 is 1.80 bits per heavy atom.